The fourth-order valence-electron chi connectivity index (χ4n) is 2.25. The summed E-state index contributed by atoms with van der Waals surface area (Å²) in [6, 6.07) is 12.5. The van der Waals surface area contributed by atoms with Crippen LogP contribution in [0, 0.1) is 11.3 Å². The molecule has 0 aliphatic carbocycles. The Morgan fingerprint density at radius 3 is 2.24 bits per heavy atom. The van der Waals surface area contributed by atoms with Gasteiger partial charge in [-0.05, 0) is 55.3 Å². The molecule has 2 amide bonds. The number of nitrogens with one attached hydrogen (secondary N) is 2. The Bertz CT molecular complexity index is 762. The van der Waals surface area contributed by atoms with E-state index in [0.29, 0.717) is 23.2 Å². The third-order valence-electron chi connectivity index (χ3n) is 3.47. The molecule has 0 radical (unpaired) electrons. The zero-order valence-corrected chi connectivity index (χ0v) is 13.4. The predicted molar refractivity (Wildman–Crippen MR) is 87.9 cm³/mol. The largest absolute Gasteiger partial charge is 0.416 e. The van der Waals surface area contributed by atoms with Gasteiger partial charge in [0.15, 0.2) is 0 Å². The molecule has 2 rings (SSSR count). The molecule has 0 bridgehead atoms. The van der Waals surface area contributed by atoms with Crippen molar-refractivity contribution in [2.24, 2.45) is 0 Å². The lowest BCUT2D eigenvalue weighted by Gasteiger charge is -2.15. The molecule has 0 saturated heterocycles. The Balaban J connectivity index is 1.87. The molecule has 2 N–H and O–H groups in total. The molecule has 2 aromatic rings. The van der Waals surface area contributed by atoms with Crippen LogP contribution >= 0.6 is 0 Å². The highest BCUT2D eigenvalue weighted by Crippen LogP contribution is 2.29. The number of carbonyl (C=O) groups excluding carboxylic acids is 1. The van der Waals surface area contributed by atoms with Gasteiger partial charge < -0.3 is 10.6 Å². The number of halogens is 3. The molecule has 4 nitrogen and oxygen atoms in total. The van der Waals surface area contributed by atoms with E-state index in [2.05, 4.69) is 10.6 Å². The maximum atomic E-state index is 12.5. The van der Waals surface area contributed by atoms with Gasteiger partial charge in [-0.2, -0.15) is 18.4 Å². The minimum Gasteiger partial charge on any atom is -0.335 e. The summed E-state index contributed by atoms with van der Waals surface area (Å²) in [4.78, 5) is 11.9. The summed E-state index contributed by atoms with van der Waals surface area (Å²) < 4.78 is 37.6. The minimum absolute atomic E-state index is 0.268. The van der Waals surface area contributed by atoms with E-state index >= 15 is 0 Å². The average Bonchev–Trinajstić information content (AvgIpc) is 2.55. The molecule has 2 aromatic carbocycles. The van der Waals surface area contributed by atoms with Crippen molar-refractivity contribution in [2.75, 3.05) is 5.32 Å². The number of alkyl halides is 3. The molecule has 25 heavy (non-hydrogen) atoms. The molecule has 1 atom stereocenters. The molecule has 0 heterocycles. The molecule has 0 spiro atoms. The van der Waals surface area contributed by atoms with E-state index in [0.717, 1.165) is 12.1 Å². The van der Waals surface area contributed by atoms with E-state index in [1.165, 1.54) is 12.1 Å². The third-order valence-corrected chi connectivity index (χ3v) is 3.47. The smallest absolute Gasteiger partial charge is 0.335 e. The van der Waals surface area contributed by atoms with Crippen LogP contribution in [0.2, 0.25) is 0 Å². The fraction of sp³-hybridized carbons (Fsp3) is 0.222. The molecular weight excluding hydrogens is 331 g/mol. The number of benzene rings is 2. The summed E-state index contributed by atoms with van der Waals surface area (Å²) in [6.07, 6.45) is -3.96. The molecule has 0 aliphatic heterocycles. The molecule has 0 fully saturated rings. The van der Waals surface area contributed by atoms with Gasteiger partial charge in [-0.25, -0.2) is 4.79 Å². The van der Waals surface area contributed by atoms with Crippen molar-refractivity contribution >= 4 is 11.7 Å². The van der Waals surface area contributed by atoms with E-state index in [1.807, 2.05) is 6.07 Å². The first-order chi connectivity index (χ1) is 11.8. The first-order valence-corrected chi connectivity index (χ1v) is 7.52. The normalized spacial score (nSPS) is 12.1. The van der Waals surface area contributed by atoms with Crippen LogP contribution in [0.4, 0.5) is 23.7 Å². The lowest BCUT2D eigenvalue weighted by molar-refractivity contribution is -0.137. The Kier molecular flexibility index (Phi) is 5.65. The lowest BCUT2D eigenvalue weighted by atomic mass is 10.1. The monoisotopic (exact) mass is 347 g/mol. The van der Waals surface area contributed by atoms with Gasteiger partial charge in [-0.15, -0.1) is 0 Å². The number of nitriles is 1. The van der Waals surface area contributed by atoms with Crippen LogP contribution in [0.25, 0.3) is 0 Å². The van der Waals surface area contributed by atoms with Crippen LogP contribution in [-0.2, 0) is 12.6 Å². The Morgan fingerprint density at radius 1 is 1.12 bits per heavy atom. The van der Waals surface area contributed by atoms with Gasteiger partial charge in [0.05, 0.1) is 17.2 Å². The topological polar surface area (TPSA) is 64.9 Å². The zero-order valence-electron chi connectivity index (χ0n) is 13.4. The summed E-state index contributed by atoms with van der Waals surface area (Å²) in [7, 11) is 0. The minimum atomic E-state index is -4.36. The number of anilines is 1. The molecule has 0 saturated carbocycles. The highest BCUT2D eigenvalue weighted by molar-refractivity contribution is 5.89. The Labute approximate surface area is 143 Å². The number of urea groups is 1. The van der Waals surface area contributed by atoms with Crippen molar-refractivity contribution in [1.29, 1.82) is 5.26 Å². The van der Waals surface area contributed by atoms with E-state index in [-0.39, 0.29) is 6.04 Å². The second-order valence-corrected chi connectivity index (χ2v) is 5.59. The summed E-state index contributed by atoms with van der Waals surface area (Å²) in [5, 5.41) is 14.1. The number of hydrogen-bond acceptors (Lipinski definition) is 2. The predicted octanol–water partition coefficient (Wildman–Crippen LogP) is 4.33. The van der Waals surface area contributed by atoms with Crippen molar-refractivity contribution in [2.45, 2.75) is 25.6 Å². The number of rotatable bonds is 4. The van der Waals surface area contributed by atoms with Crippen LogP contribution in [0.3, 0.4) is 0 Å². The first-order valence-electron chi connectivity index (χ1n) is 7.52. The van der Waals surface area contributed by atoms with E-state index in [9.17, 15) is 18.0 Å². The Hall–Kier alpha value is -3.01. The first kappa shape index (κ1) is 18.3. The number of hydrogen-bond donors (Lipinski definition) is 2. The van der Waals surface area contributed by atoms with Gasteiger partial charge in [0.25, 0.3) is 0 Å². The van der Waals surface area contributed by atoms with Gasteiger partial charge in [-0.3, -0.25) is 0 Å². The van der Waals surface area contributed by atoms with Gasteiger partial charge in [0, 0.05) is 11.7 Å². The van der Waals surface area contributed by atoms with Crippen LogP contribution in [0.1, 0.15) is 23.6 Å². The van der Waals surface area contributed by atoms with Crippen LogP contribution < -0.4 is 10.6 Å². The van der Waals surface area contributed by atoms with Crippen molar-refractivity contribution in [1.82, 2.24) is 5.32 Å². The lowest BCUT2D eigenvalue weighted by Crippen LogP contribution is -2.37. The van der Waals surface area contributed by atoms with Gasteiger partial charge in [-0.1, -0.05) is 12.1 Å². The van der Waals surface area contributed by atoms with Crippen molar-refractivity contribution in [3.8, 4) is 6.07 Å². The average molecular weight is 347 g/mol. The molecule has 0 aliphatic rings. The zero-order chi connectivity index (χ0) is 18.4. The number of amides is 2. The molecule has 0 aromatic heterocycles. The maximum absolute atomic E-state index is 12.5. The SMILES string of the molecule is CC(Cc1ccc(C(F)(F)F)cc1)NC(=O)Nc1ccc(C#N)cc1. The van der Waals surface area contributed by atoms with Crippen LogP contribution in [-0.4, -0.2) is 12.1 Å². The third kappa shape index (κ3) is 5.53. The van der Waals surface area contributed by atoms with Crippen molar-refractivity contribution in [3.05, 3.63) is 65.2 Å². The highest BCUT2D eigenvalue weighted by atomic mass is 19.4. The van der Waals surface area contributed by atoms with Gasteiger partial charge in [0.2, 0.25) is 0 Å². The standard InChI is InChI=1S/C18H16F3N3O/c1-12(10-13-2-6-15(7-3-13)18(19,20)21)23-17(25)24-16-8-4-14(11-22)5-9-16/h2-9,12H,10H2,1H3,(H2,23,24,25). The summed E-state index contributed by atoms with van der Waals surface area (Å²) in [5.74, 6) is 0. The fourth-order valence-corrected chi connectivity index (χ4v) is 2.25. The summed E-state index contributed by atoms with van der Waals surface area (Å²) in [5.41, 5.74) is 1.02. The van der Waals surface area contributed by atoms with Crippen LogP contribution in [0.5, 0.6) is 0 Å². The summed E-state index contributed by atoms with van der Waals surface area (Å²) >= 11 is 0. The highest BCUT2D eigenvalue weighted by Gasteiger charge is 2.29. The van der Waals surface area contributed by atoms with Crippen LogP contribution in [0.15, 0.2) is 48.5 Å². The molecular formula is C18H16F3N3O. The van der Waals surface area contributed by atoms with Gasteiger partial charge >= 0.3 is 12.2 Å². The molecule has 7 heteroatoms. The second-order valence-electron chi connectivity index (χ2n) is 5.59. The van der Waals surface area contributed by atoms with Crippen molar-refractivity contribution in [3.63, 3.8) is 0 Å². The molecule has 130 valence electrons. The van der Waals surface area contributed by atoms with E-state index < -0.39 is 17.8 Å². The maximum Gasteiger partial charge on any atom is 0.416 e. The molecule has 1 unspecified atom stereocenters. The number of carbonyl (C=O) groups is 1. The van der Waals surface area contributed by atoms with Gasteiger partial charge in [0.1, 0.15) is 0 Å². The van der Waals surface area contributed by atoms with E-state index in [4.69, 9.17) is 5.26 Å². The number of nitrogens with zero attached hydrogens (tertiary/aromatic N) is 1. The second kappa shape index (κ2) is 7.71. The summed E-state index contributed by atoms with van der Waals surface area (Å²) in [6.45, 7) is 1.76. The van der Waals surface area contributed by atoms with Crippen molar-refractivity contribution < 1.29 is 18.0 Å². The Morgan fingerprint density at radius 2 is 1.72 bits per heavy atom. The quantitative estimate of drug-likeness (QED) is 0.864. The van der Waals surface area contributed by atoms with E-state index in [1.54, 1.807) is 31.2 Å².